The van der Waals surface area contributed by atoms with Crippen LogP contribution in [0.25, 0.3) is 0 Å². The van der Waals surface area contributed by atoms with Crippen LogP contribution in [0.15, 0.2) is 12.3 Å². The molecule has 1 atom stereocenters. The molecule has 0 saturated heterocycles. The minimum atomic E-state index is -1.09. The number of methoxy groups -OCH3 is 1. The van der Waals surface area contributed by atoms with Gasteiger partial charge in [0, 0.05) is 24.5 Å². The Kier molecular flexibility index (Phi) is 5.68. The molecule has 144 valence electrons. The predicted molar refractivity (Wildman–Crippen MR) is 96.2 cm³/mol. The lowest BCUT2D eigenvalue weighted by molar-refractivity contribution is 0.0307. The van der Waals surface area contributed by atoms with Gasteiger partial charge < -0.3 is 19.0 Å². The highest BCUT2D eigenvalue weighted by Gasteiger charge is 2.28. The molecule has 0 bridgehead atoms. The molecule has 0 radical (unpaired) electrons. The van der Waals surface area contributed by atoms with E-state index in [9.17, 15) is 19.2 Å². The molecule has 0 aliphatic carbocycles. The van der Waals surface area contributed by atoms with E-state index in [-0.39, 0.29) is 22.7 Å². The van der Waals surface area contributed by atoms with Crippen molar-refractivity contribution in [3.63, 3.8) is 0 Å². The lowest BCUT2D eigenvalue weighted by Gasteiger charge is -2.12. The Bertz CT molecular complexity index is 934. The highest BCUT2D eigenvalue weighted by molar-refractivity contribution is 6.04. The molecule has 0 fully saturated rings. The number of hydrogen-bond acceptors (Lipinski definition) is 6. The van der Waals surface area contributed by atoms with Crippen molar-refractivity contribution < 1.29 is 28.7 Å². The van der Waals surface area contributed by atoms with Crippen molar-refractivity contribution in [2.24, 2.45) is 7.05 Å². The fourth-order valence-corrected chi connectivity index (χ4v) is 2.84. The second kappa shape index (κ2) is 7.61. The van der Waals surface area contributed by atoms with Crippen molar-refractivity contribution in [1.82, 2.24) is 9.55 Å². The summed E-state index contributed by atoms with van der Waals surface area (Å²) < 4.78 is 11.5. The first-order valence-electron chi connectivity index (χ1n) is 8.28. The lowest BCUT2D eigenvalue weighted by Crippen LogP contribution is -2.26. The van der Waals surface area contributed by atoms with E-state index in [1.807, 2.05) is 0 Å². The number of nitrogens with one attached hydrogen (secondary N) is 1. The number of Topliss-reactive ketones (excluding diaryl/α,β-unsaturated/α-hetero) is 2. The molecule has 8 heteroatoms. The maximum atomic E-state index is 12.7. The first kappa shape index (κ1) is 20.2. The third-order valence-corrected chi connectivity index (χ3v) is 4.35. The number of ether oxygens (including phenoxy) is 2. The van der Waals surface area contributed by atoms with Crippen molar-refractivity contribution in [2.75, 3.05) is 7.11 Å². The third kappa shape index (κ3) is 3.84. The highest BCUT2D eigenvalue weighted by atomic mass is 16.5. The zero-order valence-electron chi connectivity index (χ0n) is 16.1. The summed E-state index contributed by atoms with van der Waals surface area (Å²) in [5.74, 6) is -1.92. The largest absolute Gasteiger partial charge is 0.465 e. The minimum absolute atomic E-state index is 0.162. The van der Waals surface area contributed by atoms with E-state index in [2.05, 4.69) is 4.98 Å². The Balaban J connectivity index is 2.22. The first-order valence-corrected chi connectivity index (χ1v) is 8.28. The molecule has 0 aromatic carbocycles. The Morgan fingerprint density at radius 2 is 1.78 bits per heavy atom. The molecule has 2 aromatic heterocycles. The van der Waals surface area contributed by atoms with Crippen LogP contribution in [-0.4, -0.2) is 46.3 Å². The summed E-state index contributed by atoms with van der Waals surface area (Å²) in [6.07, 6.45) is 0.433. The number of hydrogen-bond donors (Lipinski definition) is 1. The smallest absolute Gasteiger partial charge is 0.355 e. The number of ketones is 2. The molecule has 27 heavy (non-hydrogen) atoms. The fourth-order valence-electron chi connectivity index (χ4n) is 2.84. The van der Waals surface area contributed by atoms with Gasteiger partial charge in [0.2, 0.25) is 5.78 Å². The van der Waals surface area contributed by atoms with Crippen LogP contribution in [0.3, 0.4) is 0 Å². The van der Waals surface area contributed by atoms with Gasteiger partial charge in [0.25, 0.3) is 0 Å². The number of rotatable bonds is 6. The van der Waals surface area contributed by atoms with Gasteiger partial charge in [-0.2, -0.15) is 0 Å². The van der Waals surface area contributed by atoms with Gasteiger partial charge in [0.15, 0.2) is 11.9 Å². The van der Waals surface area contributed by atoms with E-state index in [0.29, 0.717) is 16.8 Å². The molecule has 0 aliphatic heterocycles. The van der Waals surface area contributed by atoms with Crippen molar-refractivity contribution >= 4 is 23.5 Å². The van der Waals surface area contributed by atoms with Crippen LogP contribution in [0.5, 0.6) is 0 Å². The van der Waals surface area contributed by atoms with Gasteiger partial charge in [-0.1, -0.05) is 0 Å². The molecule has 0 amide bonds. The van der Waals surface area contributed by atoms with Crippen molar-refractivity contribution in [2.45, 2.75) is 33.8 Å². The number of aryl methyl sites for hydroxylation is 2. The summed E-state index contributed by atoms with van der Waals surface area (Å²) >= 11 is 0. The Morgan fingerprint density at radius 3 is 2.30 bits per heavy atom. The summed E-state index contributed by atoms with van der Waals surface area (Å²) in [6.45, 7) is 6.11. The molecule has 0 unspecified atom stereocenters. The number of carbonyl (C=O) groups is 4. The Morgan fingerprint density at radius 1 is 1.15 bits per heavy atom. The number of carbonyl (C=O) groups excluding carboxylic acids is 4. The van der Waals surface area contributed by atoms with Crippen LogP contribution in [0.1, 0.15) is 66.8 Å². The number of esters is 2. The number of aromatic nitrogens is 2. The monoisotopic (exact) mass is 374 g/mol. The zero-order valence-corrected chi connectivity index (χ0v) is 16.1. The Labute approximate surface area is 156 Å². The molecular weight excluding hydrogens is 352 g/mol. The van der Waals surface area contributed by atoms with E-state index in [1.54, 1.807) is 20.9 Å². The second-order valence-electron chi connectivity index (χ2n) is 6.31. The summed E-state index contributed by atoms with van der Waals surface area (Å²) in [4.78, 5) is 51.2. The number of nitrogens with zero attached hydrogens (tertiary/aromatic N) is 1. The summed E-state index contributed by atoms with van der Waals surface area (Å²) in [6, 6.07) is 1.42. The van der Waals surface area contributed by atoms with Crippen LogP contribution in [0.4, 0.5) is 0 Å². The van der Waals surface area contributed by atoms with Crippen molar-refractivity contribution in [1.29, 1.82) is 0 Å². The van der Waals surface area contributed by atoms with Gasteiger partial charge in [-0.25, -0.2) is 9.59 Å². The van der Waals surface area contributed by atoms with Crippen LogP contribution >= 0.6 is 0 Å². The van der Waals surface area contributed by atoms with Gasteiger partial charge in [-0.05, 0) is 39.3 Å². The van der Waals surface area contributed by atoms with Gasteiger partial charge >= 0.3 is 11.9 Å². The number of H-pyrrole nitrogens is 1. The predicted octanol–water partition coefficient (Wildman–Crippen LogP) is 2.39. The fraction of sp³-hybridized carbons (Fsp3) is 0.368. The first-order chi connectivity index (χ1) is 12.6. The van der Waals surface area contributed by atoms with Gasteiger partial charge in [-0.15, -0.1) is 0 Å². The molecule has 0 saturated carbocycles. The van der Waals surface area contributed by atoms with Gasteiger partial charge in [0.1, 0.15) is 5.69 Å². The normalized spacial score (nSPS) is 11.8. The average Bonchev–Trinajstić information content (AvgIpc) is 3.13. The molecular formula is C19H22N2O6. The van der Waals surface area contributed by atoms with E-state index in [4.69, 9.17) is 9.47 Å². The molecule has 2 aromatic rings. The van der Waals surface area contributed by atoms with E-state index >= 15 is 0 Å². The molecule has 1 N–H and O–H groups in total. The topological polar surface area (TPSA) is 107 Å². The average molecular weight is 374 g/mol. The minimum Gasteiger partial charge on any atom is -0.465 e. The van der Waals surface area contributed by atoms with Crippen LogP contribution in [0.2, 0.25) is 0 Å². The number of aromatic amines is 1. The van der Waals surface area contributed by atoms with E-state index in [1.165, 1.54) is 37.8 Å². The third-order valence-electron chi connectivity index (χ3n) is 4.35. The summed E-state index contributed by atoms with van der Waals surface area (Å²) in [7, 11) is 2.87. The maximum Gasteiger partial charge on any atom is 0.355 e. The van der Waals surface area contributed by atoms with Crippen LogP contribution in [-0.2, 0) is 16.5 Å². The maximum absolute atomic E-state index is 12.7. The zero-order chi connectivity index (χ0) is 20.5. The van der Waals surface area contributed by atoms with Gasteiger partial charge in [-0.3, -0.25) is 9.59 Å². The van der Waals surface area contributed by atoms with Crippen molar-refractivity contribution in [3.05, 3.63) is 46.0 Å². The molecule has 0 aliphatic rings. The quantitative estimate of drug-likeness (QED) is 0.614. The second-order valence-corrected chi connectivity index (χ2v) is 6.31. The standard InChI is InChI=1S/C19H22N2O6/c1-9-15(19(25)26-6)10(2)20-16(9)17(23)12(4)27-18(24)14-7-13(11(3)22)8-21(14)5/h7-8,12,20H,1-6H3/t12-/m1/s1. The van der Waals surface area contributed by atoms with Crippen molar-refractivity contribution in [3.8, 4) is 0 Å². The SMILES string of the molecule is COC(=O)c1c(C)[nH]c(C(=O)[C@@H](C)OC(=O)c2cc(C(C)=O)cn2C)c1C. The van der Waals surface area contributed by atoms with Crippen LogP contribution < -0.4 is 0 Å². The highest BCUT2D eigenvalue weighted by Crippen LogP contribution is 2.21. The molecule has 8 nitrogen and oxygen atoms in total. The van der Waals surface area contributed by atoms with E-state index < -0.39 is 23.8 Å². The Hall–Kier alpha value is -3.16. The molecule has 2 rings (SSSR count). The van der Waals surface area contributed by atoms with Crippen LogP contribution in [0, 0.1) is 13.8 Å². The lowest BCUT2D eigenvalue weighted by atomic mass is 10.1. The summed E-state index contributed by atoms with van der Waals surface area (Å²) in [5.41, 5.74) is 1.94. The van der Waals surface area contributed by atoms with Gasteiger partial charge in [0.05, 0.1) is 18.4 Å². The molecule has 2 heterocycles. The molecule has 0 spiro atoms. The van der Waals surface area contributed by atoms with E-state index in [0.717, 1.165) is 0 Å². The summed E-state index contributed by atoms with van der Waals surface area (Å²) in [5, 5.41) is 0.